The van der Waals surface area contributed by atoms with Gasteiger partial charge in [0.2, 0.25) is 5.88 Å². The van der Waals surface area contributed by atoms with Crippen molar-refractivity contribution in [3.63, 3.8) is 0 Å². The molecule has 0 atom stereocenters. The van der Waals surface area contributed by atoms with Gasteiger partial charge >= 0.3 is 12.2 Å². The Hall–Kier alpha value is -3.08. The highest BCUT2D eigenvalue weighted by Gasteiger charge is 2.32. The number of methoxy groups -OCH3 is 1. The lowest BCUT2D eigenvalue weighted by Crippen LogP contribution is -2.41. The van der Waals surface area contributed by atoms with E-state index in [1.807, 2.05) is 0 Å². The number of nitrogens with zero attached hydrogens (tertiary/aromatic N) is 2. The van der Waals surface area contributed by atoms with E-state index >= 15 is 0 Å². The van der Waals surface area contributed by atoms with Crippen LogP contribution in [0.5, 0.6) is 5.88 Å². The topological polar surface area (TPSA) is 97.4 Å². The summed E-state index contributed by atoms with van der Waals surface area (Å²) in [6.07, 6.45) is -0.292. The Bertz CT molecular complexity index is 934. The van der Waals surface area contributed by atoms with Crippen molar-refractivity contribution in [1.29, 1.82) is 0 Å². The normalized spacial score (nSPS) is 18.5. The molecule has 8 nitrogen and oxygen atoms in total. The van der Waals surface area contributed by atoms with E-state index in [0.717, 1.165) is 6.07 Å². The molecule has 2 amide bonds. The van der Waals surface area contributed by atoms with Crippen molar-refractivity contribution < 1.29 is 27.4 Å². The lowest BCUT2D eigenvalue weighted by molar-refractivity contribution is -0.138. The van der Waals surface area contributed by atoms with Gasteiger partial charge in [0, 0.05) is 31.5 Å². The van der Waals surface area contributed by atoms with Crippen molar-refractivity contribution in [2.24, 2.45) is 0 Å². The number of urea groups is 1. The molecule has 0 bridgehead atoms. The molecule has 1 fully saturated rings. The molecule has 0 radical (unpaired) electrons. The molecule has 1 aliphatic rings. The monoisotopic (exact) mass is 467 g/mol. The van der Waals surface area contributed by atoms with Crippen LogP contribution < -0.4 is 20.7 Å². The molecule has 0 spiro atoms. The summed E-state index contributed by atoms with van der Waals surface area (Å²) >= 11 is 0. The number of halogens is 3. The van der Waals surface area contributed by atoms with Crippen LogP contribution in [0.15, 0.2) is 30.6 Å². The molecule has 0 unspecified atom stereocenters. The number of aromatic nitrogens is 2. The molecule has 1 heterocycles. The lowest BCUT2D eigenvalue weighted by atomic mass is 9.93. The van der Waals surface area contributed by atoms with Gasteiger partial charge in [-0.15, -0.1) is 0 Å². The average molecular weight is 467 g/mol. The summed E-state index contributed by atoms with van der Waals surface area (Å²) < 4.78 is 50.1. The van der Waals surface area contributed by atoms with Gasteiger partial charge in [-0.3, -0.25) is 0 Å². The SMILES string of the molecule is COCCNc1cc(O[C@H]2CC[C@H](NC(=O)Nc3ccc(C)c(C(F)(F)F)c3)CC2)ncn1. The van der Waals surface area contributed by atoms with Crippen molar-refractivity contribution in [3.8, 4) is 5.88 Å². The number of hydrogen-bond donors (Lipinski definition) is 3. The van der Waals surface area contributed by atoms with E-state index in [9.17, 15) is 18.0 Å². The first-order chi connectivity index (χ1) is 15.7. The number of ether oxygens (including phenoxy) is 2. The minimum Gasteiger partial charge on any atom is -0.474 e. The van der Waals surface area contributed by atoms with Crippen molar-refractivity contribution >= 4 is 17.5 Å². The van der Waals surface area contributed by atoms with Crippen LogP contribution in [0.2, 0.25) is 0 Å². The Morgan fingerprint density at radius 1 is 1.15 bits per heavy atom. The Morgan fingerprint density at radius 3 is 2.61 bits per heavy atom. The molecule has 180 valence electrons. The van der Waals surface area contributed by atoms with Crippen LogP contribution in [0, 0.1) is 6.92 Å². The maximum Gasteiger partial charge on any atom is 0.416 e. The fourth-order valence-electron chi connectivity index (χ4n) is 3.64. The molecule has 1 aromatic heterocycles. The summed E-state index contributed by atoms with van der Waals surface area (Å²) in [5, 5.41) is 8.43. The van der Waals surface area contributed by atoms with Crippen LogP contribution >= 0.6 is 0 Å². The van der Waals surface area contributed by atoms with Gasteiger partial charge in [-0.05, 0) is 50.3 Å². The predicted octanol–water partition coefficient (Wildman–Crippen LogP) is 4.37. The van der Waals surface area contributed by atoms with Gasteiger partial charge in [-0.2, -0.15) is 13.2 Å². The van der Waals surface area contributed by atoms with Crippen molar-refractivity contribution in [2.45, 2.75) is 50.9 Å². The number of amides is 2. The Labute approximate surface area is 190 Å². The van der Waals surface area contributed by atoms with Gasteiger partial charge < -0.3 is 25.4 Å². The Morgan fingerprint density at radius 2 is 1.91 bits per heavy atom. The number of aryl methyl sites for hydroxylation is 1. The summed E-state index contributed by atoms with van der Waals surface area (Å²) in [7, 11) is 1.62. The number of hydrogen-bond acceptors (Lipinski definition) is 6. The Kier molecular flexibility index (Phi) is 8.32. The fraction of sp³-hybridized carbons (Fsp3) is 0.500. The smallest absolute Gasteiger partial charge is 0.416 e. The van der Waals surface area contributed by atoms with E-state index in [-0.39, 0.29) is 23.4 Å². The van der Waals surface area contributed by atoms with E-state index < -0.39 is 17.8 Å². The van der Waals surface area contributed by atoms with Crippen LogP contribution in [-0.4, -0.2) is 48.4 Å². The van der Waals surface area contributed by atoms with E-state index in [0.29, 0.717) is 50.5 Å². The number of nitrogens with one attached hydrogen (secondary N) is 3. The standard InChI is InChI=1S/C22H28F3N5O3/c1-14-3-4-16(11-18(14)22(23,24)25)30-21(31)29-15-5-7-17(8-6-15)33-20-12-19(27-13-28-20)26-9-10-32-2/h3-4,11-13,15,17H,5-10H2,1-2H3,(H,26,27,28)(H2,29,30,31)/t15-,17-. The second kappa shape index (κ2) is 11.2. The molecule has 2 aromatic rings. The van der Waals surface area contributed by atoms with Crippen molar-refractivity contribution in [3.05, 3.63) is 41.7 Å². The molecule has 1 aromatic carbocycles. The summed E-state index contributed by atoms with van der Waals surface area (Å²) in [5.41, 5.74) is -0.561. The van der Waals surface area contributed by atoms with Gasteiger partial charge in [0.15, 0.2) is 0 Å². The first-order valence-corrected chi connectivity index (χ1v) is 10.7. The highest BCUT2D eigenvalue weighted by Crippen LogP contribution is 2.33. The van der Waals surface area contributed by atoms with Crippen LogP contribution in [0.25, 0.3) is 0 Å². The van der Waals surface area contributed by atoms with E-state index in [2.05, 4.69) is 25.9 Å². The van der Waals surface area contributed by atoms with Crippen LogP contribution in [0.4, 0.5) is 29.5 Å². The minimum atomic E-state index is -4.47. The molecular formula is C22H28F3N5O3. The van der Waals surface area contributed by atoms with Crippen LogP contribution in [0.3, 0.4) is 0 Å². The number of benzene rings is 1. The van der Waals surface area contributed by atoms with Gasteiger partial charge in [-0.25, -0.2) is 14.8 Å². The summed E-state index contributed by atoms with van der Waals surface area (Å²) in [6.45, 7) is 2.55. The fourth-order valence-corrected chi connectivity index (χ4v) is 3.64. The quantitative estimate of drug-likeness (QED) is 0.499. The molecule has 11 heteroatoms. The maximum atomic E-state index is 13.1. The zero-order valence-corrected chi connectivity index (χ0v) is 18.5. The van der Waals surface area contributed by atoms with Gasteiger partial charge in [-0.1, -0.05) is 6.07 Å². The highest BCUT2D eigenvalue weighted by atomic mass is 19.4. The number of anilines is 2. The summed E-state index contributed by atoms with van der Waals surface area (Å²) in [4.78, 5) is 20.6. The molecule has 3 N–H and O–H groups in total. The molecule has 1 aliphatic carbocycles. The van der Waals surface area contributed by atoms with E-state index in [4.69, 9.17) is 9.47 Å². The van der Waals surface area contributed by atoms with E-state index in [1.165, 1.54) is 25.4 Å². The second-order valence-corrected chi connectivity index (χ2v) is 7.88. The zero-order valence-electron chi connectivity index (χ0n) is 18.5. The number of alkyl halides is 3. The molecule has 1 saturated carbocycles. The first kappa shape index (κ1) is 24.6. The third-order valence-corrected chi connectivity index (χ3v) is 5.35. The van der Waals surface area contributed by atoms with Crippen molar-refractivity contribution in [1.82, 2.24) is 15.3 Å². The second-order valence-electron chi connectivity index (χ2n) is 7.88. The molecule has 0 aliphatic heterocycles. The third-order valence-electron chi connectivity index (χ3n) is 5.35. The van der Waals surface area contributed by atoms with Crippen LogP contribution in [0.1, 0.15) is 36.8 Å². The zero-order chi connectivity index (χ0) is 23.8. The molecule has 33 heavy (non-hydrogen) atoms. The Balaban J connectivity index is 1.45. The van der Waals surface area contributed by atoms with Gasteiger partial charge in [0.1, 0.15) is 18.2 Å². The van der Waals surface area contributed by atoms with Crippen molar-refractivity contribution in [2.75, 3.05) is 30.9 Å². The van der Waals surface area contributed by atoms with Crippen LogP contribution in [-0.2, 0) is 10.9 Å². The molecular weight excluding hydrogens is 439 g/mol. The minimum absolute atomic E-state index is 0.0423. The van der Waals surface area contributed by atoms with Gasteiger partial charge in [0.25, 0.3) is 0 Å². The average Bonchev–Trinajstić information content (AvgIpc) is 2.76. The predicted molar refractivity (Wildman–Crippen MR) is 117 cm³/mol. The lowest BCUT2D eigenvalue weighted by Gasteiger charge is -2.29. The van der Waals surface area contributed by atoms with Gasteiger partial charge in [0.05, 0.1) is 12.2 Å². The highest BCUT2D eigenvalue weighted by molar-refractivity contribution is 5.89. The molecule has 0 saturated heterocycles. The largest absolute Gasteiger partial charge is 0.474 e. The summed E-state index contributed by atoms with van der Waals surface area (Å²) in [5.74, 6) is 1.12. The third kappa shape index (κ3) is 7.48. The number of carbonyl (C=O) groups excluding carboxylic acids is 1. The molecule has 3 rings (SSSR count). The van der Waals surface area contributed by atoms with E-state index in [1.54, 1.807) is 13.2 Å². The maximum absolute atomic E-state index is 13.1. The first-order valence-electron chi connectivity index (χ1n) is 10.7. The number of carbonyl (C=O) groups is 1. The summed E-state index contributed by atoms with van der Waals surface area (Å²) in [6, 6.07) is 4.85. The number of rotatable bonds is 8.